The van der Waals surface area contributed by atoms with Crippen LogP contribution in [0.1, 0.15) is 45.7 Å². The van der Waals surface area contributed by atoms with Gasteiger partial charge in [-0.15, -0.1) is 0 Å². The molecule has 1 aliphatic heterocycles. The van der Waals surface area contributed by atoms with Crippen LogP contribution in [0.15, 0.2) is 24.3 Å². The Morgan fingerprint density at radius 1 is 1.00 bits per heavy atom. The predicted molar refractivity (Wildman–Crippen MR) is 92.1 cm³/mol. The van der Waals surface area contributed by atoms with Crippen molar-refractivity contribution in [1.82, 2.24) is 10.2 Å². The fourth-order valence-electron chi connectivity index (χ4n) is 3.16. The van der Waals surface area contributed by atoms with Crippen LogP contribution in [-0.2, 0) is 0 Å². The Hall–Kier alpha value is -1.06. The number of nitrogens with zero attached hydrogens (tertiary/aromatic N) is 2. The van der Waals surface area contributed by atoms with Gasteiger partial charge in [0, 0.05) is 44.0 Å². The largest absolute Gasteiger partial charge is 0.369 e. The van der Waals surface area contributed by atoms with E-state index in [0.29, 0.717) is 12.1 Å². The van der Waals surface area contributed by atoms with Crippen LogP contribution in [0.2, 0.25) is 0 Å². The molecule has 0 radical (unpaired) electrons. The molecule has 1 aliphatic rings. The van der Waals surface area contributed by atoms with Gasteiger partial charge in [0.15, 0.2) is 0 Å². The van der Waals surface area contributed by atoms with E-state index in [4.69, 9.17) is 0 Å². The number of benzene rings is 1. The first-order valence-corrected chi connectivity index (χ1v) is 8.48. The van der Waals surface area contributed by atoms with E-state index in [0.717, 1.165) is 26.1 Å². The molecule has 0 spiro atoms. The van der Waals surface area contributed by atoms with Gasteiger partial charge in [-0.05, 0) is 44.5 Å². The van der Waals surface area contributed by atoms with E-state index < -0.39 is 0 Å². The van der Waals surface area contributed by atoms with Crippen LogP contribution >= 0.6 is 0 Å². The number of anilines is 1. The summed E-state index contributed by atoms with van der Waals surface area (Å²) in [5.41, 5.74) is 2.78. The van der Waals surface area contributed by atoms with Gasteiger partial charge in [0.1, 0.15) is 0 Å². The molecule has 3 nitrogen and oxygen atoms in total. The van der Waals surface area contributed by atoms with E-state index >= 15 is 0 Å². The Bertz CT molecular complexity index is 405. The average Bonchev–Trinajstić information content (AvgIpc) is 2.53. The number of hydrogen-bond acceptors (Lipinski definition) is 3. The summed E-state index contributed by atoms with van der Waals surface area (Å²) in [4.78, 5) is 5.07. The van der Waals surface area contributed by atoms with Crippen LogP contribution < -0.4 is 10.2 Å². The molecule has 1 unspecified atom stereocenters. The van der Waals surface area contributed by atoms with Crippen molar-refractivity contribution in [1.29, 1.82) is 0 Å². The lowest BCUT2D eigenvalue weighted by Gasteiger charge is -2.38. The normalized spacial score (nSPS) is 18.2. The maximum atomic E-state index is 3.55. The van der Waals surface area contributed by atoms with Crippen molar-refractivity contribution in [2.24, 2.45) is 0 Å². The van der Waals surface area contributed by atoms with Crippen molar-refractivity contribution in [2.45, 2.75) is 46.2 Å². The minimum absolute atomic E-state index is 0.488. The first kappa shape index (κ1) is 16.3. The van der Waals surface area contributed by atoms with Crippen LogP contribution in [0.4, 0.5) is 5.69 Å². The summed E-state index contributed by atoms with van der Waals surface area (Å²) in [6, 6.07) is 10.3. The first-order valence-electron chi connectivity index (χ1n) is 8.48. The van der Waals surface area contributed by atoms with Crippen LogP contribution in [-0.4, -0.2) is 43.7 Å². The highest BCUT2D eigenvalue weighted by Gasteiger charge is 2.19. The minimum atomic E-state index is 0.488. The lowest BCUT2D eigenvalue weighted by Crippen LogP contribution is -2.48. The maximum Gasteiger partial charge on any atom is 0.0367 e. The summed E-state index contributed by atoms with van der Waals surface area (Å²) >= 11 is 0. The van der Waals surface area contributed by atoms with Crippen LogP contribution in [0.3, 0.4) is 0 Å². The Morgan fingerprint density at radius 2 is 1.62 bits per heavy atom. The summed E-state index contributed by atoms with van der Waals surface area (Å²) in [6.45, 7) is 14.6. The molecule has 0 bridgehead atoms. The monoisotopic (exact) mass is 289 g/mol. The van der Waals surface area contributed by atoms with Gasteiger partial charge in [-0.3, -0.25) is 4.90 Å². The second-order valence-corrected chi connectivity index (χ2v) is 6.23. The number of piperazine rings is 1. The van der Waals surface area contributed by atoms with Gasteiger partial charge in [0.25, 0.3) is 0 Å². The predicted octanol–water partition coefficient (Wildman–Crippen LogP) is 3.28. The van der Waals surface area contributed by atoms with Crippen molar-refractivity contribution in [3.8, 4) is 0 Å². The Morgan fingerprint density at radius 3 is 2.10 bits per heavy atom. The molecule has 118 valence electrons. The summed E-state index contributed by atoms with van der Waals surface area (Å²) in [6.07, 6.45) is 1.14. The fraction of sp³-hybridized carbons (Fsp3) is 0.667. The van der Waals surface area contributed by atoms with Gasteiger partial charge in [-0.2, -0.15) is 0 Å². The molecular formula is C18H31N3. The zero-order valence-electron chi connectivity index (χ0n) is 14.1. The number of rotatable bonds is 6. The van der Waals surface area contributed by atoms with E-state index in [-0.39, 0.29) is 0 Å². The quantitative estimate of drug-likeness (QED) is 0.867. The van der Waals surface area contributed by atoms with Gasteiger partial charge >= 0.3 is 0 Å². The topological polar surface area (TPSA) is 18.5 Å². The second-order valence-electron chi connectivity index (χ2n) is 6.23. The second kappa shape index (κ2) is 7.81. The van der Waals surface area contributed by atoms with Crippen molar-refractivity contribution in [3.05, 3.63) is 29.8 Å². The van der Waals surface area contributed by atoms with Crippen molar-refractivity contribution in [3.63, 3.8) is 0 Å². The van der Waals surface area contributed by atoms with Crippen LogP contribution in [0, 0.1) is 0 Å². The number of hydrogen-bond donors (Lipinski definition) is 1. The summed E-state index contributed by atoms with van der Waals surface area (Å²) in [5, 5.41) is 3.55. The molecule has 1 fully saturated rings. The van der Waals surface area contributed by atoms with E-state index in [1.54, 1.807) is 0 Å². The smallest absolute Gasteiger partial charge is 0.0367 e. The van der Waals surface area contributed by atoms with E-state index in [2.05, 4.69) is 67.1 Å². The maximum absolute atomic E-state index is 3.55. The molecule has 1 N–H and O–H groups in total. The molecular weight excluding hydrogens is 258 g/mol. The number of nitrogens with one attached hydrogen (secondary N) is 1. The zero-order valence-corrected chi connectivity index (χ0v) is 14.1. The van der Waals surface area contributed by atoms with Crippen LogP contribution in [0.5, 0.6) is 0 Å². The van der Waals surface area contributed by atoms with Gasteiger partial charge in [0.2, 0.25) is 0 Å². The molecule has 1 aromatic carbocycles. The van der Waals surface area contributed by atoms with E-state index in [1.165, 1.54) is 24.3 Å². The van der Waals surface area contributed by atoms with Crippen molar-refractivity contribution in [2.75, 3.05) is 37.6 Å². The van der Waals surface area contributed by atoms with Gasteiger partial charge in [-0.1, -0.05) is 26.0 Å². The van der Waals surface area contributed by atoms with Crippen LogP contribution in [0.25, 0.3) is 0 Å². The molecule has 3 heteroatoms. The van der Waals surface area contributed by atoms with Crippen molar-refractivity contribution < 1.29 is 0 Å². The van der Waals surface area contributed by atoms with Crippen molar-refractivity contribution >= 4 is 5.69 Å². The minimum Gasteiger partial charge on any atom is -0.369 e. The Labute approximate surface area is 130 Å². The Balaban J connectivity index is 1.96. The third-order valence-corrected chi connectivity index (χ3v) is 4.56. The average molecular weight is 289 g/mol. The molecule has 1 atom stereocenters. The highest BCUT2D eigenvalue weighted by molar-refractivity contribution is 5.48. The third kappa shape index (κ3) is 4.21. The van der Waals surface area contributed by atoms with E-state index in [9.17, 15) is 0 Å². The lowest BCUT2D eigenvalue weighted by atomic mass is 10.0. The molecule has 21 heavy (non-hydrogen) atoms. The summed E-state index contributed by atoms with van der Waals surface area (Å²) in [5.74, 6) is 0. The highest BCUT2D eigenvalue weighted by Crippen LogP contribution is 2.22. The molecule has 1 aromatic rings. The molecule has 0 aliphatic carbocycles. The first-order chi connectivity index (χ1) is 10.2. The molecule has 1 saturated heterocycles. The molecule has 2 rings (SSSR count). The van der Waals surface area contributed by atoms with Gasteiger partial charge in [-0.25, -0.2) is 0 Å². The summed E-state index contributed by atoms with van der Waals surface area (Å²) in [7, 11) is 0. The lowest BCUT2D eigenvalue weighted by molar-refractivity contribution is 0.209. The zero-order chi connectivity index (χ0) is 15.2. The molecule has 0 saturated carbocycles. The van der Waals surface area contributed by atoms with Gasteiger partial charge < -0.3 is 10.2 Å². The SMILES string of the molecule is CCNC(CC)c1ccc(N2CCN(C(C)C)CC2)cc1. The summed E-state index contributed by atoms with van der Waals surface area (Å²) < 4.78 is 0. The third-order valence-electron chi connectivity index (χ3n) is 4.56. The Kier molecular flexibility index (Phi) is 6.07. The standard InChI is InChI=1S/C18H31N3/c1-5-18(19-6-2)16-7-9-17(10-8-16)21-13-11-20(12-14-21)15(3)4/h7-10,15,18-19H,5-6,11-14H2,1-4H3. The van der Waals surface area contributed by atoms with E-state index in [1.807, 2.05) is 0 Å². The molecule has 1 heterocycles. The molecule has 0 aromatic heterocycles. The van der Waals surface area contributed by atoms with Gasteiger partial charge in [0.05, 0.1) is 0 Å². The fourth-order valence-corrected chi connectivity index (χ4v) is 3.16. The molecule has 0 amide bonds. The highest BCUT2D eigenvalue weighted by atomic mass is 15.3.